The summed E-state index contributed by atoms with van der Waals surface area (Å²) < 4.78 is 5.06. The molecule has 0 bridgehead atoms. The highest BCUT2D eigenvalue weighted by atomic mass is 16.5. The van der Waals surface area contributed by atoms with Crippen LogP contribution in [0.4, 0.5) is 4.79 Å². The Morgan fingerprint density at radius 3 is 2.67 bits per heavy atom. The van der Waals surface area contributed by atoms with Gasteiger partial charge in [-0.15, -0.1) is 0 Å². The molecule has 1 saturated heterocycles. The fraction of sp³-hybridized carbons (Fsp3) is 0.500. The van der Waals surface area contributed by atoms with E-state index in [1.807, 2.05) is 18.2 Å². The number of carbonyl (C=O) groups excluding carboxylic acids is 3. The van der Waals surface area contributed by atoms with Crippen molar-refractivity contribution >= 4 is 28.8 Å². The molecule has 8 nitrogen and oxygen atoms in total. The van der Waals surface area contributed by atoms with Crippen molar-refractivity contribution in [2.24, 2.45) is 5.92 Å². The van der Waals surface area contributed by atoms with Gasteiger partial charge in [-0.25, -0.2) is 4.79 Å². The molecule has 0 atom stereocenters. The number of rotatable bonds is 4. The van der Waals surface area contributed by atoms with Gasteiger partial charge in [0.1, 0.15) is 0 Å². The third kappa shape index (κ3) is 4.13. The summed E-state index contributed by atoms with van der Waals surface area (Å²) in [6, 6.07) is 7.94. The van der Waals surface area contributed by atoms with Gasteiger partial charge < -0.3 is 24.8 Å². The number of carbonyl (C=O) groups is 3. The van der Waals surface area contributed by atoms with Crippen molar-refractivity contribution in [1.29, 1.82) is 0 Å². The summed E-state index contributed by atoms with van der Waals surface area (Å²) in [5.74, 6) is -0.434. The molecule has 3 amide bonds. The van der Waals surface area contributed by atoms with Gasteiger partial charge in [0, 0.05) is 36.2 Å². The van der Waals surface area contributed by atoms with Crippen LogP contribution < -0.4 is 5.32 Å². The number of para-hydroxylation sites is 1. The number of amides is 3. The van der Waals surface area contributed by atoms with Crippen molar-refractivity contribution in [3.63, 3.8) is 0 Å². The number of esters is 1. The van der Waals surface area contributed by atoms with E-state index in [4.69, 9.17) is 4.74 Å². The maximum absolute atomic E-state index is 12.6. The van der Waals surface area contributed by atoms with Crippen molar-refractivity contribution in [3.05, 3.63) is 35.5 Å². The zero-order valence-corrected chi connectivity index (χ0v) is 17.3. The molecule has 0 spiro atoms. The van der Waals surface area contributed by atoms with Crippen LogP contribution in [0, 0.1) is 5.92 Å². The molecule has 3 heterocycles. The van der Waals surface area contributed by atoms with Gasteiger partial charge in [-0.2, -0.15) is 0 Å². The number of likely N-dealkylation sites (tertiary alicyclic amines) is 1. The number of nitrogens with zero attached hydrogens (tertiary/aromatic N) is 2. The van der Waals surface area contributed by atoms with E-state index in [1.165, 1.54) is 10.9 Å². The minimum atomic E-state index is -0.228. The van der Waals surface area contributed by atoms with E-state index in [-0.39, 0.29) is 30.4 Å². The maximum Gasteiger partial charge on any atom is 0.318 e. The standard InChI is InChI=1S/C22H28N4O4/c1-2-30-21(28)15-7-10-25(11-8-15)20(27)13-23-22(29)26-12-9-17-16-5-3-4-6-18(16)24-19(17)14-26/h3-6,15,24H,2,7-14H2,1H3,(H,23,29). The summed E-state index contributed by atoms with van der Waals surface area (Å²) in [4.78, 5) is 43.7. The number of hydrogen-bond acceptors (Lipinski definition) is 4. The van der Waals surface area contributed by atoms with Gasteiger partial charge in [-0.1, -0.05) is 18.2 Å². The predicted octanol–water partition coefficient (Wildman–Crippen LogP) is 2.04. The number of fused-ring (bicyclic) bond motifs is 3. The van der Waals surface area contributed by atoms with E-state index in [9.17, 15) is 14.4 Å². The minimum Gasteiger partial charge on any atom is -0.466 e. The molecule has 1 aromatic carbocycles. The molecule has 0 unspecified atom stereocenters. The normalized spacial score (nSPS) is 17.0. The van der Waals surface area contributed by atoms with E-state index in [0.29, 0.717) is 45.6 Å². The van der Waals surface area contributed by atoms with E-state index >= 15 is 0 Å². The number of nitrogens with one attached hydrogen (secondary N) is 2. The van der Waals surface area contributed by atoms with Crippen LogP contribution in [0.2, 0.25) is 0 Å². The molecule has 2 aliphatic heterocycles. The van der Waals surface area contributed by atoms with Crippen molar-refractivity contribution in [3.8, 4) is 0 Å². The second-order valence-electron chi connectivity index (χ2n) is 7.87. The summed E-state index contributed by atoms with van der Waals surface area (Å²) in [7, 11) is 0. The Labute approximate surface area is 175 Å². The first-order valence-corrected chi connectivity index (χ1v) is 10.6. The number of hydrogen-bond donors (Lipinski definition) is 2. The van der Waals surface area contributed by atoms with Crippen molar-refractivity contribution < 1.29 is 19.1 Å². The number of urea groups is 1. The number of aromatic amines is 1. The molecule has 2 aromatic rings. The third-order valence-electron chi connectivity index (χ3n) is 6.03. The summed E-state index contributed by atoms with van der Waals surface area (Å²) in [6.07, 6.45) is 2.00. The zero-order chi connectivity index (χ0) is 21.1. The lowest BCUT2D eigenvalue weighted by atomic mass is 9.97. The van der Waals surface area contributed by atoms with Gasteiger partial charge in [0.25, 0.3) is 0 Å². The predicted molar refractivity (Wildman–Crippen MR) is 112 cm³/mol. The minimum absolute atomic E-state index is 0.0288. The second kappa shape index (κ2) is 8.77. The Morgan fingerprint density at radius 2 is 1.90 bits per heavy atom. The topological polar surface area (TPSA) is 94.7 Å². The van der Waals surface area contributed by atoms with Crippen LogP contribution >= 0.6 is 0 Å². The van der Waals surface area contributed by atoms with Gasteiger partial charge in [0.05, 0.1) is 25.6 Å². The van der Waals surface area contributed by atoms with Crippen LogP contribution in [0.5, 0.6) is 0 Å². The van der Waals surface area contributed by atoms with Gasteiger partial charge >= 0.3 is 12.0 Å². The SMILES string of the molecule is CCOC(=O)C1CCN(C(=O)CNC(=O)N2CCc3c([nH]c4ccccc34)C2)CC1. The molecule has 2 aliphatic rings. The summed E-state index contributed by atoms with van der Waals surface area (Å²) in [6.45, 7) is 4.30. The summed E-state index contributed by atoms with van der Waals surface area (Å²) >= 11 is 0. The molecule has 2 N–H and O–H groups in total. The van der Waals surface area contributed by atoms with Crippen LogP contribution in [0.25, 0.3) is 10.9 Å². The molecule has 0 aliphatic carbocycles. The molecule has 8 heteroatoms. The van der Waals surface area contributed by atoms with E-state index < -0.39 is 0 Å². The lowest BCUT2D eigenvalue weighted by Crippen LogP contribution is -2.48. The van der Waals surface area contributed by atoms with Crippen molar-refractivity contribution in [2.45, 2.75) is 32.7 Å². The Kier molecular flexibility index (Phi) is 5.92. The monoisotopic (exact) mass is 412 g/mol. The smallest absolute Gasteiger partial charge is 0.318 e. The number of piperidine rings is 1. The molecule has 30 heavy (non-hydrogen) atoms. The van der Waals surface area contributed by atoms with Gasteiger partial charge in [0.2, 0.25) is 5.91 Å². The summed E-state index contributed by atoms with van der Waals surface area (Å²) in [5, 5.41) is 3.98. The first kappa shape index (κ1) is 20.3. The van der Waals surface area contributed by atoms with Crippen molar-refractivity contribution in [2.75, 3.05) is 32.8 Å². The first-order valence-electron chi connectivity index (χ1n) is 10.6. The third-order valence-corrected chi connectivity index (χ3v) is 6.03. The molecular formula is C22H28N4O4. The molecule has 4 rings (SSSR count). The Morgan fingerprint density at radius 1 is 1.13 bits per heavy atom. The van der Waals surface area contributed by atoms with Gasteiger partial charge in [-0.05, 0) is 37.8 Å². The van der Waals surface area contributed by atoms with Crippen LogP contribution in [0.1, 0.15) is 31.0 Å². The number of ether oxygens (including phenoxy) is 1. The Hall–Kier alpha value is -3.03. The van der Waals surface area contributed by atoms with Crippen LogP contribution in [-0.2, 0) is 27.3 Å². The van der Waals surface area contributed by atoms with Crippen LogP contribution in [0.15, 0.2) is 24.3 Å². The Balaban J connectivity index is 1.26. The molecule has 1 aromatic heterocycles. The lowest BCUT2D eigenvalue weighted by Gasteiger charge is -2.31. The molecule has 0 saturated carbocycles. The average molecular weight is 412 g/mol. The maximum atomic E-state index is 12.6. The fourth-order valence-electron chi connectivity index (χ4n) is 4.37. The molecular weight excluding hydrogens is 384 g/mol. The van der Waals surface area contributed by atoms with E-state index in [2.05, 4.69) is 16.4 Å². The Bertz CT molecular complexity index is 946. The van der Waals surface area contributed by atoms with Crippen molar-refractivity contribution in [1.82, 2.24) is 20.1 Å². The quantitative estimate of drug-likeness (QED) is 0.752. The second-order valence-corrected chi connectivity index (χ2v) is 7.87. The van der Waals surface area contributed by atoms with E-state index in [0.717, 1.165) is 17.6 Å². The van der Waals surface area contributed by atoms with Gasteiger partial charge in [0.15, 0.2) is 0 Å². The fourth-order valence-corrected chi connectivity index (χ4v) is 4.37. The molecule has 0 radical (unpaired) electrons. The number of H-pyrrole nitrogens is 1. The van der Waals surface area contributed by atoms with Gasteiger partial charge in [-0.3, -0.25) is 9.59 Å². The largest absolute Gasteiger partial charge is 0.466 e. The first-order chi connectivity index (χ1) is 14.6. The number of aromatic nitrogens is 1. The molecule has 1 fully saturated rings. The lowest BCUT2D eigenvalue weighted by molar-refractivity contribution is -0.151. The van der Waals surface area contributed by atoms with Crippen LogP contribution in [-0.4, -0.2) is 65.5 Å². The summed E-state index contributed by atoms with van der Waals surface area (Å²) in [5.41, 5.74) is 3.42. The van der Waals surface area contributed by atoms with Crippen LogP contribution in [0.3, 0.4) is 0 Å². The molecule has 160 valence electrons. The average Bonchev–Trinajstić information content (AvgIpc) is 3.15. The number of benzene rings is 1. The van der Waals surface area contributed by atoms with E-state index in [1.54, 1.807) is 16.7 Å². The highest BCUT2D eigenvalue weighted by Crippen LogP contribution is 2.27. The zero-order valence-electron chi connectivity index (χ0n) is 17.3. The highest BCUT2D eigenvalue weighted by Gasteiger charge is 2.29. The highest BCUT2D eigenvalue weighted by molar-refractivity contribution is 5.87.